The number of carbonyl (C=O) groups excluding carboxylic acids is 1. The van der Waals surface area contributed by atoms with E-state index in [1.807, 2.05) is 12.2 Å². The van der Waals surface area contributed by atoms with E-state index in [-0.39, 0.29) is 35.9 Å². The Morgan fingerprint density at radius 3 is 1.55 bits per heavy atom. The third-order valence-corrected chi connectivity index (χ3v) is 7.42. The molecule has 0 spiro atoms. The predicted molar refractivity (Wildman–Crippen MR) is 221 cm³/mol. The van der Waals surface area contributed by atoms with Gasteiger partial charge >= 0.3 is 0 Å². The van der Waals surface area contributed by atoms with Crippen LogP contribution in [0.1, 0.15) is 53.4 Å². The van der Waals surface area contributed by atoms with Gasteiger partial charge in [0, 0.05) is 53.3 Å². The van der Waals surface area contributed by atoms with Crippen molar-refractivity contribution in [2.75, 3.05) is 6.61 Å². The zero-order chi connectivity index (χ0) is 40.6. The monoisotopic (exact) mass is 721 g/mol. The van der Waals surface area contributed by atoms with Gasteiger partial charge < -0.3 is 19.9 Å². The van der Waals surface area contributed by atoms with Crippen molar-refractivity contribution >= 4 is 5.91 Å². The van der Waals surface area contributed by atoms with Gasteiger partial charge in [-0.25, -0.2) is 0 Å². The first kappa shape index (κ1) is 46.1. The van der Waals surface area contributed by atoms with E-state index >= 15 is 0 Å². The zero-order valence-electron chi connectivity index (χ0n) is 31.9. The van der Waals surface area contributed by atoms with Crippen molar-refractivity contribution in [1.82, 2.24) is 5.32 Å². The lowest BCUT2D eigenvalue weighted by atomic mass is 9.75. The molecule has 1 aliphatic rings. The second-order valence-electron chi connectivity index (χ2n) is 12.6. The van der Waals surface area contributed by atoms with Crippen LogP contribution >= 0.6 is 0 Å². The number of carbonyl (C=O) groups is 1. The zero-order valence-corrected chi connectivity index (χ0v) is 31.9. The minimum Gasteiger partial charge on any atom is -0.391 e. The second kappa shape index (κ2) is 28.6. The van der Waals surface area contributed by atoms with Gasteiger partial charge in [-0.1, -0.05) is 57.4 Å². The summed E-state index contributed by atoms with van der Waals surface area (Å²) in [7, 11) is 0. The van der Waals surface area contributed by atoms with Gasteiger partial charge in [0.25, 0.3) is 5.91 Å². The number of rotatable bonds is 13. The molecule has 1 aliphatic heterocycles. The Kier molecular flexibility index (Phi) is 23.9. The van der Waals surface area contributed by atoms with Crippen LogP contribution in [0.15, 0.2) is 50.6 Å². The lowest BCUT2D eigenvalue weighted by Gasteiger charge is -2.44. The van der Waals surface area contributed by atoms with E-state index in [1.165, 1.54) is 0 Å². The van der Waals surface area contributed by atoms with Gasteiger partial charge in [0.05, 0.1) is 24.9 Å². The molecule has 1 fully saturated rings. The van der Waals surface area contributed by atoms with Crippen LogP contribution in [0, 0.1) is 165 Å². The van der Waals surface area contributed by atoms with Crippen LogP contribution in [-0.2, 0) is 14.3 Å². The van der Waals surface area contributed by atoms with E-state index in [4.69, 9.17) is 9.47 Å². The molecule has 5 nitrogen and oxygen atoms in total. The lowest BCUT2D eigenvalue weighted by Crippen LogP contribution is -2.50. The number of amides is 1. The summed E-state index contributed by atoms with van der Waals surface area (Å²) in [5, 5.41) is 13.9. The van der Waals surface area contributed by atoms with Crippen LogP contribution in [0.3, 0.4) is 0 Å². The Bertz CT molecular complexity index is 2200. The molecule has 1 saturated heterocycles. The largest absolute Gasteiger partial charge is 0.391 e. The van der Waals surface area contributed by atoms with E-state index in [1.54, 1.807) is 19.1 Å². The Morgan fingerprint density at radius 1 is 0.709 bits per heavy atom. The molecule has 0 bridgehead atoms. The Morgan fingerprint density at radius 2 is 1.15 bits per heavy atom. The fraction of sp³-hybridized carbons (Fsp3) is 0.340. The summed E-state index contributed by atoms with van der Waals surface area (Å²) in [6.07, 6.45) is 8.22. The summed E-state index contributed by atoms with van der Waals surface area (Å²) in [6, 6.07) is -0.758. The molecule has 1 rings (SSSR count). The van der Waals surface area contributed by atoms with Gasteiger partial charge in [-0.2, -0.15) is 0 Å². The molecule has 2 N–H and O–H groups in total. The van der Waals surface area contributed by atoms with Crippen LogP contribution in [0.25, 0.3) is 0 Å². The van der Waals surface area contributed by atoms with Gasteiger partial charge in [-0.05, 0) is 132 Å². The normalized spacial score (nSPS) is 17.7. The third-order valence-electron chi connectivity index (χ3n) is 7.42. The summed E-state index contributed by atoms with van der Waals surface area (Å²) in [5.74, 6) is 59.5. The molecule has 0 saturated carbocycles. The quantitative estimate of drug-likeness (QED) is 0.211. The highest BCUT2D eigenvalue weighted by Gasteiger charge is 2.42. The van der Waals surface area contributed by atoms with Gasteiger partial charge in [-0.15, -0.1) is 26.3 Å². The highest BCUT2D eigenvalue weighted by atomic mass is 16.7. The van der Waals surface area contributed by atoms with Gasteiger partial charge in [0.1, 0.15) is 0 Å². The molecule has 7 atom stereocenters. The van der Waals surface area contributed by atoms with Crippen LogP contribution < -0.4 is 5.32 Å². The van der Waals surface area contributed by atoms with Gasteiger partial charge in [0.15, 0.2) is 6.29 Å². The van der Waals surface area contributed by atoms with Crippen molar-refractivity contribution in [3.63, 3.8) is 0 Å². The first-order valence-corrected chi connectivity index (χ1v) is 17.3. The highest BCUT2D eigenvalue weighted by molar-refractivity contribution is 5.94. The lowest BCUT2D eigenvalue weighted by molar-refractivity contribution is -0.236. The van der Waals surface area contributed by atoms with Crippen molar-refractivity contribution in [2.45, 2.75) is 77.9 Å². The number of hydrogen-bond acceptors (Lipinski definition) is 4. The molecule has 0 aromatic carbocycles. The minimum atomic E-state index is -0.889. The van der Waals surface area contributed by atoms with E-state index < -0.39 is 24.3 Å². The average Bonchev–Trinajstić information content (AvgIpc) is 3.15. The molecular formula is C50H43NO4. The molecule has 2 unspecified atom stereocenters. The minimum absolute atomic E-state index is 0.00541. The molecule has 0 aliphatic carbocycles. The molecule has 5 heteroatoms. The SMILES string of the molecule is C=CCC1O[C@H](OC[C@H](NC(=O)C#CC#CC#CC#CC#CC#CC#CC#CC#CC#CC#CC#CC)[C@H](O)CCCC(C)(C)C)C(C=C)[C@@H](C=C)[C@H]1C=C. The van der Waals surface area contributed by atoms with Crippen LogP contribution in [-0.4, -0.2) is 42.2 Å². The van der Waals surface area contributed by atoms with Crippen LogP contribution in [0.4, 0.5) is 0 Å². The maximum Gasteiger partial charge on any atom is 0.297 e. The molecule has 0 radical (unpaired) electrons. The number of aliphatic hydroxyl groups excluding tert-OH is 1. The molecule has 0 aromatic rings. The second-order valence-corrected chi connectivity index (χ2v) is 12.6. The van der Waals surface area contributed by atoms with Crippen molar-refractivity contribution in [3.8, 4) is 142 Å². The maximum absolute atomic E-state index is 12.8. The number of aliphatic hydroxyl groups is 1. The summed E-state index contributed by atoms with van der Waals surface area (Å²) >= 11 is 0. The number of hydrogen-bond donors (Lipinski definition) is 2. The highest BCUT2D eigenvalue weighted by Crippen LogP contribution is 2.39. The predicted octanol–water partition coefficient (Wildman–Crippen LogP) is 4.83. The molecule has 1 amide bonds. The van der Waals surface area contributed by atoms with Crippen molar-refractivity contribution in [2.24, 2.45) is 23.2 Å². The third kappa shape index (κ3) is 21.2. The fourth-order valence-corrected chi connectivity index (χ4v) is 4.93. The summed E-state index contributed by atoms with van der Waals surface area (Å²) in [5.41, 5.74) is 0.103. The standard InChI is InChI=1S/C50H43NO4/c1-9-14-15-16-17-18-19-20-21-22-23-24-25-26-27-28-29-30-31-32-33-34-35-39-48(53)51-45(46(52)38-36-40-50(6,7)8)41-54-49-44(13-5)42(11-3)43(12-4)47(55-49)37-10-2/h10-13,42-47,49,52H,2-5,36-38,40-41H2,1,6-8H3,(H,51,53)/t42-,43+,44?,45-,46+,47?,49-/m0/s1. The Balaban J connectivity index is 2.87. The number of nitrogens with one attached hydrogen (secondary N) is 1. The van der Waals surface area contributed by atoms with E-state index in [0.29, 0.717) is 12.8 Å². The molecular weight excluding hydrogens is 679 g/mol. The maximum atomic E-state index is 12.8. The van der Waals surface area contributed by atoms with Crippen molar-refractivity contribution in [1.29, 1.82) is 0 Å². The summed E-state index contributed by atoms with van der Waals surface area (Å²) < 4.78 is 12.6. The van der Waals surface area contributed by atoms with Crippen LogP contribution in [0.5, 0.6) is 0 Å². The summed E-state index contributed by atoms with van der Waals surface area (Å²) in [4.78, 5) is 12.8. The molecule has 272 valence electrons. The van der Waals surface area contributed by atoms with Gasteiger partial charge in [0.2, 0.25) is 0 Å². The first-order valence-electron chi connectivity index (χ1n) is 17.3. The van der Waals surface area contributed by atoms with Crippen molar-refractivity contribution < 1.29 is 19.4 Å². The van der Waals surface area contributed by atoms with E-state index in [9.17, 15) is 9.90 Å². The number of allylic oxidation sites excluding steroid dienone is 1. The molecule has 55 heavy (non-hydrogen) atoms. The number of ether oxygens (including phenoxy) is 2. The Labute approximate surface area is 330 Å². The fourth-order valence-electron chi connectivity index (χ4n) is 4.93. The molecule has 0 aromatic heterocycles. The topological polar surface area (TPSA) is 67.8 Å². The van der Waals surface area contributed by atoms with Crippen LogP contribution in [0.2, 0.25) is 0 Å². The average molecular weight is 722 g/mol. The van der Waals surface area contributed by atoms with Crippen molar-refractivity contribution in [3.05, 3.63) is 50.6 Å². The van der Waals surface area contributed by atoms with E-state index in [2.05, 4.69) is 194 Å². The Hall–Kier alpha value is -6.97. The smallest absolute Gasteiger partial charge is 0.297 e. The summed E-state index contributed by atoms with van der Waals surface area (Å²) in [6.45, 7) is 23.9. The first-order chi connectivity index (χ1) is 26.6. The van der Waals surface area contributed by atoms with E-state index in [0.717, 1.165) is 12.8 Å². The molecule has 1 heterocycles. The van der Waals surface area contributed by atoms with Gasteiger partial charge in [-0.3, -0.25) is 4.79 Å².